The van der Waals surface area contributed by atoms with Gasteiger partial charge in [-0.05, 0) is 53.4 Å². The van der Waals surface area contributed by atoms with Crippen LogP contribution >= 0.6 is 0 Å². The first-order valence-electron chi connectivity index (χ1n) is 13.1. The van der Waals surface area contributed by atoms with Gasteiger partial charge in [0.2, 0.25) is 0 Å². The van der Waals surface area contributed by atoms with E-state index in [1.807, 2.05) is 13.8 Å². The Morgan fingerprint density at radius 1 is 0.474 bits per heavy atom. The van der Waals surface area contributed by atoms with Crippen molar-refractivity contribution in [3.05, 3.63) is 0 Å². The number of hydrogen-bond donors (Lipinski definition) is 0. The van der Waals surface area contributed by atoms with Crippen LogP contribution in [0.4, 0.5) is 0 Å². The van der Waals surface area contributed by atoms with Crippen LogP contribution in [-0.2, 0) is 57.2 Å². The van der Waals surface area contributed by atoms with Crippen molar-refractivity contribution in [3.63, 3.8) is 0 Å². The lowest BCUT2D eigenvalue weighted by Crippen LogP contribution is -2.33. The molecule has 4 atom stereocenters. The highest BCUT2D eigenvalue weighted by atomic mass is 16.6. The van der Waals surface area contributed by atoms with Gasteiger partial charge in [0.15, 0.2) is 24.4 Å². The minimum absolute atomic E-state index is 0.0746. The van der Waals surface area contributed by atoms with E-state index in [0.29, 0.717) is 12.8 Å². The molecule has 0 aliphatic carbocycles. The molecule has 0 fully saturated rings. The van der Waals surface area contributed by atoms with Crippen LogP contribution in [0.25, 0.3) is 0 Å². The smallest absolute Gasteiger partial charge is 0.347 e. The molecule has 0 aliphatic rings. The molecule has 0 aromatic heterocycles. The first-order chi connectivity index (χ1) is 17.9. The molecule has 0 saturated carbocycles. The third-order valence-corrected chi connectivity index (χ3v) is 5.03. The van der Waals surface area contributed by atoms with E-state index >= 15 is 0 Å². The van der Waals surface area contributed by atoms with Crippen LogP contribution in [0.2, 0.25) is 0 Å². The monoisotopic (exact) mass is 546 g/mol. The SMILES string of the molecule is CCCCOC(=O)[C@H](C)OC(=O)[C@H](C)OC(=O)CCCCC(=O)O[C@H](C)C(=O)O[C@@H](C)C(=O)OCCCC. The summed E-state index contributed by atoms with van der Waals surface area (Å²) in [5.41, 5.74) is 0. The third kappa shape index (κ3) is 15.8. The summed E-state index contributed by atoms with van der Waals surface area (Å²) in [6, 6.07) is 0. The molecular weight excluding hydrogens is 504 g/mol. The first-order valence-corrected chi connectivity index (χ1v) is 13.1. The van der Waals surface area contributed by atoms with E-state index in [4.69, 9.17) is 28.4 Å². The molecule has 0 radical (unpaired) electrons. The maximum atomic E-state index is 12.0. The second-order valence-corrected chi connectivity index (χ2v) is 8.67. The fourth-order valence-electron chi connectivity index (χ4n) is 2.65. The summed E-state index contributed by atoms with van der Waals surface area (Å²) in [7, 11) is 0. The van der Waals surface area contributed by atoms with E-state index in [1.54, 1.807) is 0 Å². The first kappa shape index (κ1) is 34.8. The van der Waals surface area contributed by atoms with E-state index in [9.17, 15) is 28.8 Å². The number of carbonyl (C=O) groups is 6. The lowest BCUT2D eigenvalue weighted by Gasteiger charge is -2.17. The van der Waals surface area contributed by atoms with Crippen molar-refractivity contribution in [3.8, 4) is 0 Å². The highest BCUT2D eigenvalue weighted by Gasteiger charge is 2.27. The van der Waals surface area contributed by atoms with Crippen molar-refractivity contribution < 1.29 is 57.2 Å². The number of esters is 6. The standard InChI is InChI=1S/C26H42O12/c1-7-9-15-33-23(29)17(3)37-25(31)19(5)35-21(27)13-11-12-14-22(28)36-20(6)26(32)38-18(4)24(30)34-16-10-8-2/h17-20H,7-16H2,1-6H3/t17-,18-,19-,20+/m0/s1. The summed E-state index contributed by atoms with van der Waals surface area (Å²) >= 11 is 0. The van der Waals surface area contributed by atoms with Crippen LogP contribution in [0.1, 0.15) is 92.9 Å². The average Bonchev–Trinajstić information content (AvgIpc) is 2.86. The summed E-state index contributed by atoms with van der Waals surface area (Å²) in [6.07, 6.45) is -1.26. The van der Waals surface area contributed by atoms with Crippen LogP contribution in [0.3, 0.4) is 0 Å². The molecule has 0 bridgehead atoms. The van der Waals surface area contributed by atoms with E-state index in [0.717, 1.165) is 12.8 Å². The van der Waals surface area contributed by atoms with Crippen LogP contribution in [0.15, 0.2) is 0 Å². The lowest BCUT2D eigenvalue weighted by atomic mass is 10.2. The van der Waals surface area contributed by atoms with Crippen molar-refractivity contribution in [1.82, 2.24) is 0 Å². The number of rotatable bonds is 19. The van der Waals surface area contributed by atoms with Crippen molar-refractivity contribution in [2.45, 2.75) is 117 Å². The van der Waals surface area contributed by atoms with E-state index in [2.05, 4.69) is 0 Å². The Balaban J connectivity index is 4.21. The maximum absolute atomic E-state index is 12.0. The van der Waals surface area contributed by atoms with E-state index in [-0.39, 0.29) is 38.9 Å². The van der Waals surface area contributed by atoms with Gasteiger partial charge in [-0.2, -0.15) is 0 Å². The largest absolute Gasteiger partial charge is 0.463 e. The highest BCUT2D eigenvalue weighted by molar-refractivity contribution is 5.83. The van der Waals surface area contributed by atoms with Gasteiger partial charge in [0.05, 0.1) is 13.2 Å². The van der Waals surface area contributed by atoms with Gasteiger partial charge in [-0.25, -0.2) is 19.2 Å². The van der Waals surface area contributed by atoms with Gasteiger partial charge in [-0.1, -0.05) is 26.7 Å². The second kappa shape index (κ2) is 19.9. The molecule has 0 spiro atoms. The number of hydrogen-bond acceptors (Lipinski definition) is 12. The molecule has 218 valence electrons. The Labute approximate surface area is 224 Å². The van der Waals surface area contributed by atoms with Crippen LogP contribution < -0.4 is 0 Å². The van der Waals surface area contributed by atoms with E-state index in [1.165, 1.54) is 27.7 Å². The molecule has 0 aromatic rings. The van der Waals surface area contributed by atoms with Crippen LogP contribution in [-0.4, -0.2) is 73.4 Å². The molecule has 0 unspecified atom stereocenters. The molecule has 0 saturated heterocycles. The van der Waals surface area contributed by atoms with Gasteiger partial charge in [0.25, 0.3) is 0 Å². The molecule has 12 heteroatoms. The second-order valence-electron chi connectivity index (χ2n) is 8.67. The predicted octanol–water partition coefficient (Wildman–Crippen LogP) is 2.96. The Bertz CT molecular complexity index is 714. The quantitative estimate of drug-likeness (QED) is 0.133. The van der Waals surface area contributed by atoms with Crippen molar-refractivity contribution in [2.75, 3.05) is 13.2 Å². The molecule has 0 N–H and O–H groups in total. The van der Waals surface area contributed by atoms with Gasteiger partial charge in [-0.3, -0.25) is 9.59 Å². The summed E-state index contributed by atoms with van der Waals surface area (Å²) in [5.74, 6) is -4.49. The molecule has 0 aromatic carbocycles. The van der Waals surface area contributed by atoms with Gasteiger partial charge in [-0.15, -0.1) is 0 Å². The Morgan fingerprint density at radius 2 is 0.789 bits per heavy atom. The molecule has 38 heavy (non-hydrogen) atoms. The summed E-state index contributed by atoms with van der Waals surface area (Å²) < 4.78 is 29.9. The minimum Gasteiger partial charge on any atom is -0.463 e. The summed E-state index contributed by atoms with van der Waals surface area (Å²) in [5, 5.41) is 0. The van der Waals surface area contributed by atoms with Crippen molar-refractivity contribution in [1.29, 1.82) is 0 Å². The maximum Gasteiger partial charge on any atom is 0.347 e. The third-order valence-electron chi connectivity index (χ3n) is 5.03. The molecule has 12 nitrogen and oxygen atoms in total. The predicted molar refractivity (Wildman–Crippen MR) is 132 cm³/mol. The van der Waals surface area contributed by atoms with Crippen molar-refractivity contribution in [2.24, 2.45) is 0 Å². The zero-order chi connectivity index (χ0) is 29.1. The normalized spacial score (nSPS) is 13.7. The number of unbranched alkanes of at least 4 members (excludes halogenated alkanes) is 3. The van der Waals surface area contributed by atoms with Crippen molar-refractivity contribution >= 4 is 35.8 Å². The van der Waals surface area contributed by atoms with Gasteiger partial charge < -0.3 is 28.4 Å². The topological polar surface area (TPSA) is 158 Å². The molecule has 0 amide bonds. The zero-order valence-corrected chi connectivity index (χ0v) is 23.3. The van der Waals surface area contributed by atoms with Gasteiger partial charge in [0, 0.05) is 12.8 Å². The molecule has 0 aliphatic heterocycles. The summed E-state index contributed by atoms with van der Waals surface area (Å²) in [6.45, 7) is 9.71. The number of ether oxygens (including phenoxy) is 6. The minimum atomic E-state index is -1.23. The zero-order valence-electron chi connectivity index (χ0n) is 23.3. The Morgan fingerprint density at radius 3 is 1.11 bits per heavy atom. The fraction of sp³-hybridized carbons (Fsp3) is 0.769. The Kier molecular flexibility index (Phi) is 18.2. The lowest BCUT2D eigenvalue weighted by molar-refractivity contribution is -0.177. The van der Waals surface area contributed by atoms with Crippen LogP contribution in [0.5, 0.6) is 0 Å². The fourth-order valence-corrected chi connectivity index (χ4v) is 2.65. The van der Waals surface area contributed by atoms with Crippen LogP contribution in [0, 0.1) is 0 Å². The highest BCUT2D eigenvalue weighted by Crippen LogP contribution is 2.09. The van der Waals surface area contributed by atoms with Gasteiger partial charge in [0.1, 0.15) is 0 Å². The van der Waals surface area contributed by atoms with Gasteiger partial charge >= 0.3 is 35.8 Å². The number of carbonyl (C=O) groups excluding carboxylic acids is 6. The average molecular weight is 547 g/mol. The summed E-state index contributed by atoms with van der Waals surface area (Å²) in [4.78, 5) is 71.5. The Hall–Kier alpha value is -3.18. The molecule has 0 heterocycles. The molecular formula is C26H42O12. The van der Waals surface area contributed by atoms with E-state index < -0.39 is 60.2 Å². The molecule has 0 rings (SSSR count).